The topological polar surface area (TPSA) is 29.5 Å². The van der Waals surface area contributed by atoms with Gasteiger partial charge in [0.05, 0.1) is 10.1 Å². The molecule has 3 nitrogen and oxygen atoms in total. The first-order valence-corrected chi connectivity index (χ1v) is 11.5. The van der Waals surface area contributed by atoms with E-state index in [2.05, 4.69) is 32.6 Å². The second-order valence-corrected chi connectivity index (χ2v) is 11.1. The van der Waals surface area contributed by atoms with Crippen molar-refractivity contribution >= 4 is 23.4 Å². The average molecular weight is 410 g/mol. The Labute approximate surface area is 178 Å². The minimum Gasteiger partial charge on any atom is -0.457 e. The molecule has 0 bridgehead atoms. The highest BCUT2D eigenvalue weighted by Gasteiger charge is 2.52. The minimum atomic E-state index is -0.0972. The maximum Gasteiger partial charge on any atom is 0.241 e. The summed E-state index contributed by atoms with van der Waals surface area (Å²) in [6.45, 7) is 9.08. The zero-order chi connectivity index (χ0) is 20.6. The van der Waals surface area contributed by atoms with Crippen LogP contribution in [0.4, 0.5) is 5.69 Å². The van der Waals surface area contributed by atoms with Crippen molar-refractivity contribution in [3.05, 3.63) is 54.6 Å². The molecule has 0 N–H and O–H groups in total. The van der Waals surface area contributed by atoms with Crippen molar-refractivity contribution in [3.8, 4) is 11.5 Å². The van der Waals surface area contributed by atoms with E-state index >= 15 is 0 Å². The monoisotopic (exact) mass is 409 g/mol. The van der Waals surface area contributed by atoms with Gasteiger partial charge >= 0.3 is 0 Å². The number of thioether (sulfide) groups is 1. The van der Waals surface area contributed by atoms with Crippen molar-refractivity contribution in [3.63, 3.8) is 0 Å². The molecule has 2 fully saturated rings. The molecule has 2 aromatic carbocycles. The van der Waals surface area contributed by atoms with Crippen LogP contribution in [0.15, 0.2) is 54.6 Å². The molecule has 4 heteroatoms. The fourth-order valence-corrected chi connectivity index (χ4v) is 6.38. The molecule has 0 radical (unpaired) electrons. The highest BCUT2D eigenvalue weighted by atomic mass is 32.2. The molecule has 0 unspecified atom stereocenters. The van der Waals surface area contributed by atoms with Gasteiger partial charge in [0, 0.05) is 5.69 Å². The second kappa shape index (κ2) is 7.71. The number of carbonyl (C=O) groups excluding carboxylic acids is 1. The quantitative estimate of drug-likeness (QED) is 0.553. The molecule has 0 aromatic heterocycles. The Morgan fingerprint density at radius 1 is 0.966 bits per heavy atom. The summed E-state index contributed by atoms with van der Waals surface area (Å²) in [5, 5.41) is 0.0152. The predicted octanol–water partition coefficient (Wildman–Crippen LogP) is 6.88. The highest BCUT2D eigenvalue weighted by Crippen LogP contribution is 2.54. The fraction of sp³-hybridized carbons (Fsp3) is 0.480. The van der Waals surface area contributed by atoms with Gasteiger partial charge < -0.3 is 4.74 Å². The van der Waals surface area contributed by atoms with Crippen LogP contribution in [0.5, 0.6) is 11.5 Å². The van der Waals surface area contributed by atoms with Gasteiger partial charge in [-0.3, -0.25) is 9.69 Å². The predicted molar refractivity (Wildman–Crippen MR) is 122 cm³/mol. The molecule has 1 amide bonds. The van der Waals surface area contributed by atoms with Gasteiger partial charge in [0.2, 0.25) is 5.91 Å². The zero-order valence-electron chi connectivity index (χ0n) is 17.9. The Morgan fingerprint density at radius 3 is 2.14 bits per heavy atom. The van der Waals surface area contributed by atoms with E-state index in [0.717, 1.165) is 35.9 Å². The third kappa shape index (κ3) is 4.05. The molecule has 1 spiro atoms. The average Bonchev–Trinajstić information content (AvgIpc) is 2.93. The molecular weight excluding hydrogens is 378 g/mol. The summed E-state index contributed by atoms with van der Waals surface area (Å²) in [4.78, 5) is 15.1. The van der Waals surface area contributed by atoms with Crippen molar-refractivity contribution in [1.82, 2.24) is 0 Å². The number of rotatable bonds is 3. The van der Waals surface area contributed by atoms with Crippen molar-refractivity contribution in [2.45, 2.75) is 63.5 Å². The lowest BCUT2D eigenvalue weighted by Crippen LogP contribution is -2.48. The Kier molecular flexibility index (Phi) is 5.41. The summed E-state index contributed by atoms with van der Waals surface area (Å²) >= 11 is 1.86. The van der Waals surface area contributed by atoms with Crippen LogP contribution in [0.3, 0.4) is 0 Å². The molecule has 1 atom stereocenters. The first-order valence-electron chi connectivity index (χ1n) is 10.6. The Morgan fingerprint density at radius 2 is 1.55 bits per heavy atom. The van der Waals surface area contributed by atoms with Gasteiger partial charge in [0.15, 0.2) is 0 Å². The van der Waals surface area contributed by atoms with Crippen LogP contribution in [0, 0.1) is 11.3 Å². The number of carbonyl (C=O) groups is 1. The lowest BCUT2D eigenvalue weighted by Gasteiger charge is -2.45. The largest absolute Gasteiger partial charge is 0.457 e. The maximum absolute atomic E-state index is 13.1. The lowest BCUT2D eigenvalue weighted by atomic mass is 9.71. The van der Waals surface area contributed by atoms with E-state index in [1.165, 1.54) is 12.8 Å². The van der Waals surface area contributed by atoms with Gasteiger partial charge in [0.25, 0.3) is 0 Å². The molecule has 1 aliphatic carbocycles. The molecule has 1 saturated heterocycles. The Hall–Kier alpha value is -1.94. The van der Waals surface area contributed by atoms with Crippen LogP contribution in [0.25, 0.3) is 0 Å². The maximum atomic E-state index is 13.1. The standard InChI is InChI=1S/C25H31NO2S/c1-18-23(27)26(25(29-18)16-14-19(15-17-25)24(2,3)4)20-10-12-22(13-11-20)28-21-8-6-5-7-9-21/h5-13,18-19H,14-17H2,1-4H3/t18-,19?,25?/m1/s1. The third-order valence-electron chi connectivity index (χ3n) is 6.44. The van der Waals surface area contributed by atoms with E-state index in [9.17, 15) is 4.79 Å². The van der Waals surface area contributed by atoms with Crippen molar-refractivity contribution in [2.75, 3.05) is 4.90 Å². The third-order valence-corrected chi connectivity index (χ3v) is 8.02. The summed E-state index contributed by atoms with van der Waals surface area (Å²) in [6.07, 6.45) is 4.50. The van der Waals surface area contributed by atoms with Gasteiger partial charge in [-0.1, -0.05) is 39.0 Å². The van der Waals surface area contributed by atoms with Crippen molar-refractivity contribution in [2.24, 2.45) is 11.3 Å². The summed E-state index contributed by atoms with van der Waals surface area (Å²) < 4.78 is 5.92. The van der Waals surface area contributed by atoms with Crippen LogP contribution in [-0.4, -0.2) is 16.0 Å². The van der Waals surface area contributed by atoms with E-state index in [4.69, 9.17) is 4.74 Å². The van der Waals surface area contributed by atoms with Crippen molar-refractivity contribution in [1.29, 1.82) is 0 Å². The highest BCUT2D eigenvalue weighted by molar-refractivity contribution is 8.02. The number of benzene rings is 2. The fourth-order valence-electron chi connectivity index (χ4n) is 4.74. The van der Waals surface area contributed by atoms with Crippen LogP contribution in [-0.2, 0) is 4.79 Å². The number of amides is 1. The van der Waals surface area contributed by atoms with Crippen LogP contribution < -0.4 is 9.64 Å². The summed E-state index contributed by atoms with van der Waals surface area (Å²) in [6, 6.07) is 17.8. The molecule has 154 valence electrons. The number of nitrogens with zero attached hydrogens (tertiary/aromatic N) is 1. The lowest BCUT2D eigenvalue weighted by molar-refractivity contribution is -0.118. The van der Waals surface area contributed by atoms with Crippen LogP contribution in [0.1, 0.15) is 53.4 Å². The zero-order valence-corrected chi connectivity index (χ0v) is 18.7. The number of anilines is 1. The number of para-hydroxylation sites is 1. The second-order valence-electron chi connectivity index (χ2n) is 9.43. The van der Waals surface area contributed by atoms with E-state index in [1.807, 2.05) is 66.4 Å². The smallest absolute Gasteiger partial charge is 0.241 e. The number of hydrogen-bond donors (Lipinski definition) is 0. The van der Waals surface area contributed by atoms with E-state index in [-0.39, 0.29) is 16.0 Å². The Bertz CT molecular complexity index is 849. The van der Waals surface area contributed by atoms with Gasteiger partial charge in [-0.25, -0.2) is 0 Å². The number of ether oxygens (including phenoxy) is 1. The van der Waals surface area contributed by atoms with Gasteiger partial charge in [-0.2, -0.15) is 0 Å². The molecule has 1 aliphatic heterocycles. The SMILES string of the molecule is C[C@H]1SC2(CCC(C(C)(C)C)CC2)N(c2ccc(Oc3ccccc3)cc2)C1=O. The van der Waals surface area contributed by atoms with Crippen LogP contribution in [0.2, 0.25) is 0 Å². The summed E-state index contributed by atoms with van der Waals surface area (Å²) in [5.41, 5.74) is 1.32. The number of hydrogen-bond acceptors (Lipinski definition) is 3. The Balaban J connectivity index is 1.55. The molecule has 1 saturated carbocycles. The van der Waals surface area contributed by atoms with E-state index in [0.29, 0.717) is 5.41 Å². The molecule has 2 aromatic rings. The first kappa shape index (κ1) is 20.3. The van der Waals surface area contributed by atoms with Gasteiger partial charge in [-0.15, -0.1) is 11.8 Å². The molecular formula is C25H31NO2S. The molecule has 4 rings (SSSR count). The normalized spacial score (nSPS) is 27.4. The van der Waals surface area contributed by atoms with Gasteiger partial charge in [-0.05, 0) is 80.3 Å². The molecule has 2 aliphatic rings. The van der Waals surface area contributed by atoms with E-state index in [1.54, 1.807) is 0 Å². The van der Waals surface area contributed by atoms with Crippen LogP contribution >= 0.6 is 11.8 Å². The molecule has 1 heterocycles. The van der Waals surface area contributed by atoms with Crippen molar-refractivity contribution < 1.29 is 9.53 Å². The minimum absolute atomic E-state index is 0.0152. The first-order chi connectivity index (χ1) is 13.8. The summed E-state index contributed by atoms with van der Waals surface area (Å²) in [7, 11) is 0. The van der Waals surface area contributed by atoms with E-state index < -0.39 is 0 Å². The summed E-state index contributed by atoms with van der Waals surface area (Å²) in [5.74, 6) is 2.57. The van der Waals surface area contributed by atoms with Gasteiger partial charge in [0.1, 0.15) is 11.5 Å². The molecule has 29 heavy (non-hydrogen) atoms.